The summed E-state index contributed by atoms with van der Waals surface area (Å²) in [5, 5.41) is 8.41. The lowest BCUT2D eigenvalue weighted by molar-refractivity contribution is 0.102. The van der Waals surface area contributed by atoms with Crippen molar-refractivity contribution >= 4 is 40.6 Å². The Balaban J connectivity index is 2.20. The van der Waals surface area contributed by atoms with E-state index in [0.717, 1.165) is 0 Å². The van der Waals surface area contributed by atoms with Gasteiger partial charge in [-0.1, -0.05) is 11.6 Å². The fourth-order valence-corrected chi connectivity index (χ4v) is 2.44. The van der Waals surface area contributed by atoms with Crippen molar-refractivity contribution in [2.45, 2.75) is 26.3 Å². The monoisotopic (exact) mass is 390 g/mol. The second-order valence-corrected chi connectivity index (χ2v) is 7.34. The molecule has 5 N–H and O–H groups in total. The second-order valence-electron chi connectivity index (χ2n) is 6.93. The largest absolute Gasteiger partial charge is 0.497 e. The van der Waals surface area contributed by atoms with Crippen LogP contribution in [-0.2, 0) is 0 Å². The van der Waals surface area contributed by atoms with Crippen LogP contribution in [0.25, 0.3) is 0 Å². The molecule has 0 aliphatic carbocycles. The minimum absolute atomic E-state index is 0.201. The molecule has 0 aromatic heterocycles. The smallest absolute Gasteiger partial charge is 0.319 e. The second kappa shape index (κ2) is 8.18. The van der Waals surface area contributed by atoms with Gasteiger partial charge in [-0.05, 0) is 51.1 Å². The Morgan fingerprint density at radius 2 is 1.78 bits per heavy atom. The average Bonchev–Trinajstić information content (AvgIpc) is 2.56. The van der Waals surface area contributed by atoms with Gasteiger partial charge in [-0.25, -0.2) is 4.79 Å². The number of anilines is 3. The standard InChI is InChI=1S/C19H23ClN4O3/c1-19(2,3)24-18(26)22-11-5-7-14(20)13(9-11)17(25)23-16-10-12(27-4)6-8-15(16)21/h5-10H,21H2,1-4H3,(H,23,25)(H2,22,24,26). The Morgan fingerprint density at radius 3 is 2.41 bits per heavy atom. The highest BCUT2D eigenvalue weighted by atomic mass is 35.5. The highest BCUT2D eigenvalue weighted by Gasteiger charge is 2.16. The zero-order chi connectivity index (χ0) is 20.2. The number of hydrogen-bond donors (Lipinski definition) is 4. The maximum absolute atomic E-state index is 12.6. The van der Waals surface area contributed by atoms with Gasteiger partial charge in [0.25, 0.3) is 5.91 Å². The van der Waals surface area contributed by atoms with Crippen LogP contribution in [-0.4, -0.2) is 24.6 Å². The van der Waals surface area contributed by atoms with Crippen molar-refractivity contribution in [3.8, 4) is 5.75 Å². The van der Waals surface area contributed by atoms with Crippen LogP contribution in [0.3, 0.4) is 0 Å². The third-order valence-electron chi connectivity index (χ3n) is 3.47. The van der Waals surface area contributed by atoms with E-state index in [1.165, 1.54) is 19.2 Å². The summed E-state index contributed by atoms with van der Waals surface area (Å²) < 4.78 is 5.14. The van der Waals surface area contributed by atoms with Crippen molar-refractivity contribution in [3.05, 3.63) is 47.0 Å². The SMILES string of the molecule is COc1ccc(N)c(NC(=O)c2cc(NC(=O)NC(C)(C)C)ccc2Cl)c1. The molecule has 0 bridgehead atoms. The van der Waals surface area contributed by atoms with Crippen LogP contribution >= 0.6 is 11.6 Å². The molecule has 7 nitrogen and oxygen atoms in total. The maximum atomic E-state index is 12.6. The highest BCUT2D eigenvalue weighted by Crippen LogP contribution is 2.27. The summed E-state index contributed by atoms with van der Waals surface area (Å²) in [5.74, 6) is 0.0969. The van der Waals surface area contributed by atoms with E-state index in [0.29, 0.717) is 22.8 Å². The van der Waals surface area contributed by atoms with Gasteiger partial charge in [-0.2, -0.15) is 0 Å². The van der Waals surface area contributed by atoms with E-state index in [-0.39, 0.29) is 22.2 Å². The van der Waals surface area contributed by atoms with Crippen LogP contribution in [0.5, 0.6) is 5.75 Å². The minimum Gasteiger partial charge on any atom is -0.497 e. The van der Waals surface area contributed by atoms with E-state index in [9.17, 15) is 9.59 Å². The molecule has 2 aromatic carbocycles. The Morgan fingerprint density at radius 1 is 1.07 bits per heavy atom. The molecule has 27 heavy (non-hydrogen) atoms. The lowest BCUT2D eigenvalue weighted by Crippen LogP contribution is -2.43. The summed E-state index contributed by atoms with van der Waals surface area (Å²) in [5.41, 5.74) is 6.93. The third kappa shape index (κ3) is 5.79. The Kier molecular flexibility index (Phi) is 6.17. The lowest BCUT2D eigenvalue weighted by Gasteiger charge is -2.21. The molecule has 0 fully saturated rings. The van der Waals surface area contributed by atoms with Crippen molar-refractivity contribution in [2.24, 2.45) is 0 Å². The molecule has 0 spiro atoms. The van der Waals surface area contributed by atoms with Crippen LogP contribution in [0.2, 0.25) is 5.02 Å². The van der Waals surface area contributed by atoms with Crippen molar-refractivity contribution in [1.29, 1.82) is 0 Å². The number of ether oxygens (including phenoxy) is 1. The third-order valence-corrected chi connectivity index (χ3v) is 3.80. The number of rotatable bonds is 4. The van der Waals surface area contributed by atoms with Gasteiger partial charge in [0.15, 0.2) is 0 Å². The number of carbonyl (C=O) groups excluding carboxylic acids is 2. The molecule has 2 aromatic rings. The molecule has 8 heteroatoms. The fourth-order valence-electron chi connectivity index (χ4n) is 2.24. The highest BCUT2D eigenvalue weighted by molar-refractivity contribution is 6.34. The van der Waals surface area contributed by atoms with Gasteiger partial charge in [0.2, 0.25) is 0 Å². The number of nitrogen functional groups attached to an aromatic ring is 1. The molecule has 0 saturated carbocycles. The van der Waals surface area contributed by atoms with Crippen molar-refractivity contribution in [2.75, 3.05) is 23.5 Å². The van der Waals surface area contributed by atoms with Crippen LogP contribution in [0.4, 0.5) is 21.9 Å². The van der Waals surface area contributed by atoms with Gasteiger partial charge in [0.05, 0.1) is 29.1 Å². The van der Waals surface area contributed by atoms with E-state index in [1.807, 2.05) is 20.8 Å². The molecule has 0 unspecified atom stereocenters. The first-order chi connectivity index (χ1) is 12.6. The molecule has 0 atom stereocenters. The van der Waals surface area contributed by atoms with Crippen LogP contribution in [0, 0.1) is 0 Å². The molecule has 2 rings (SSSR count). The normalized spacial score (nSPS) is 10.9. The van der Waals surface area contributed by atoms with E-state index < -0.39 is 5.91 Å². The van der Waals surface area contributed by atoms with Gasteiger partial charge in [0, 0.05) is 17.3 Å². The first kappa shape index (κ1) is 20.4. The quantitative estimate of drug-likeness (QED) is 0.589. The number of halogens is 1. The van der Waals surface area contributed by atoms with Gasteiger partial charge in [-0.15, -0.1) is 0 Å². The zero-order valence-corrected chi connectivity index (χ0v) is 16.4. The number of hydrogen-bond acceptors (Lipinski definition) is 4. The van der Waals surface area contributed by atoms with Gasteiger partial charge in [-0.3, -0.25) is 4.79 Å². The number of urea groups is 1. The molecule has 0 radical (unpaired) electrons. The Labute approximate surface area is 163 Å². The Hall–Kier alpha value is -2.93. The van der Waals surface area contributed by atoms with E-state index >= 15 is 0 Å². The van der Waals surface area contributed by atoms with Crippen molar-refractivity contribution in [3.63, 3.8) is 0 Å². The topological polar surface area (TPSA) is 105 Å². The van der Waals surface area contributed by atoms with Gasteiger partial charge < -0.3 is 26.4 Å². The summed E-state index contributed by atoms with van der Waals surface area (Å²) in [4.78, 5) is 24.6. The molecule has 0 saturated heterocycles. The molecular weight excluding hydrogens is 368 g/mol. The van der Waals surface area contributed by atoms with Crippen LogP contribution in [0.1, 0.15) is 31.1 Å². The number of benzene rings is 2. The lowest BCUT2D eigenvalue weighted by atomic mass is 10.1. The summed E-state index contributed by atoms with van der Waals surface area (Å²) in [6.45, 7) is 5.60. The van der Waals surface area contributed by atoms with Crippen LogP contribution in [0.15, 0.2) is 36.4 Å². The van der Waals surface area contributed by atoms with Crippen molar-refractivity contribution < 1.29 is 14.3 Å². The van der Waals surface area contributed by atoms with Crippen LogP contribution < -0.4 is 26.4 Å². The van der Waals surface area contributed by atoms with E-state index in [4.69, 9.17) is 22.1 Å². The van der Waals surface area contributed by atoms with Gasteiger partial charge in [0.1, 0.15) is 5.75 Å². The minimum atomic E-state index is -0.458. The summed E-state index contributed by atoms with van der Waals surface area (Å²) >= 11 is 6.15. The molecular formula is C19H23ClN4O3. The van der Waals surface area contributed by atoms with E-state index in [2.05, 4.69) is 16.0 Å². The maximum Gasteiger partial charge on any atom is 0.319 e. The molecule has 0 aliphatic rings. The number of nitrogens with two attached hydrogens (primary N) is 1. The van der Waals surface area contributed by atoms with Crippen molar-refractivity contribution in [1.82, 2.24) is 5.32 Å². The zero-order valence-electron chi connectivity index (χ0n) is 15.6. The number of methoxy groups -OCH3 is 1. The summed E-state index contributed by atoms with van der Waals surface area (Å²) in [6, 6.07) is 9.20. The summed E-state index contributed by atoms with van der Waals surface area (Å²) in [7, 11) is 1.52. The number of amides is 3. The summed E-state index contributed by atoms with van der Waals surface area (Å²) in [6.07, 6.45) is 0. The molecule has 144 valence electrons. The Bertz CT molecular complexity index is 863. The first-order valence-electron chi connectivity index (χ1n) is 8.22. The average molecular weight is 391 g/mol. The number of nitrogens with one attached hydrogen (secondary N) is 3. The molecule has 0 aliphatic heterocycles. The van der Waals surface area contributed by atoms with Gasteiger partial charge >= 0.3 is 6.03 Å². The molecule has 3 amide bonds. The predicted octanol–water partition coefficient (Wildman–Crippen LogP) is 4.10. The molecule has 0 heterocycles. The first-order valence-corrected chi connectivity index (χ1v) is 8.60. The number of carbonyl (C=O) groups is 2. The van der Waals surface area contributed by atoms with E-state index in [1.54, 1.807) is 24.3 Å². The fraction of sp³-hybridized carbons (Fsp3) is 0.263. The predicted molar refractivity (Wildman–Crippen MR) is 109 cm³/mol.